The largest absolute Gasteiger partial charge is 0.393 e. The molecule has 2 saturated carbocycles. The van der Waals surface area contributed by atoms with Crippen LogP contribution in [0.15, 0.2) is 0 Å². The molecule has 3 unspecified atom stereocenters. The summed E-state index contributed by atoms with van der Waals surface area (Å²) in [5.41, 5.74) is 0.389. The number of aliphatic hydroxyl groups excluding tert-OH is 1. The molecule has 0 aliphatic heterocycles. The average Bonchev–Trinajstić information content (AvgIpc) is 2.41. The number of rotatable bonds is 4. The van der Waals surface area contributed by atoms with Crippen molar-refractivity contribution in [3.05, 3.63) is 0 Å². The van der Waals surface area contributed by atoms with E-state index in [1.807, 2.05) is 0 Å². The summed E-state index contributed by atoms with van der Waals surface area (Å²) in [7, 11) is 2.27. The normalized spacial score (nSPS) is 32.6. The number of nitrogens with zero attached hydrogens (tertiary/aromatic N) is 1. The molecule has 0 aromatic carbocycles. The monoisotopic (exact) mass is 295 g/mol. The minimum Gasteiger partial charge on any atom is -0.393 e. The third kappa shape index (κ3) is 5.25. The Balaban J connectivity index is 1.81. The fourth-order valence-corrected chi connectivity index (χ4v) is 4.52. The van der Waals surface area contributed by atoms with E-state index in [4.69, 9.17) is 0 Å². The molecule has 2 nitrogen and oxygen atoms in total. The van der Waals surface area contributed by atoms with Crippen LogP contribution in [0.1, 0.15) is 72.1 Å². The number of hydrogen-bond acceptors (Lipinski definition) is 2. The van der Waals surface area contributed by atoms with Gasteiger partial charge in [0.05, 0.1) is 6.10 Å². The average molecular weight is 296 g/mol. The Morgan fingerprint density at radius 3 is 2.24 bits per heavy atom. The summed E-state index contributed by atoms with van der Waals surface area (Å²) < 4.78 is 0. The minimum atomic E-state index is -0.0718. The van der Waals surface area contributed by atoms with Crippen molar-refractivity contribution in [1.82, 2.24) is 4.90 Å². The smallest absolute Gasteiger partial charge is 0.0580 e. The van der Waals surface area contributed by atoms with Crippen molar-refractivity contribution in [2.24, 2.45) is 23.2 Å². The molecule has 2 fully saturated rings. The summed E-state index contributed by atoms with van der Waals surface area (Å²) >= 11 is 0. The third-order valence-corrected chi connectivity index (χ3v) is 6.01. The molecule has 1 N–H and O–H groups in total. The van der Waals surface area contributed by atoms with Gasteiger partial charge in [0.2, 0.25) is 0 Å². The first-order valence-electron chi connectivity index (χ1n) is 9.23. The van der Waals surface area contributed by atoms with Crippen LogP contribution in [-0.2, 0) is 0 Å². The zero-order valence-electron chi connectivity index (χ0n) is 14.8. The highest BCUT2D eigenvalue weighted by Crippen LogP contribution is 2.40. The van der Waals surface area contributed by atoms with Crippen LogP contribution in [0.3, 0.4) is 0 Å². The van der Waals surface area contributed by atoms with Crippen molar-refractivity contribution >= 4 is 0 Å². The molecule has 2 aliphatic carbocycles. The zero-order valence-corrected chi connectivity index (χ0v) is 14.8. The van der Waals surface area contributed by atoms with Gasteiger partial charge >= 0.3 is 0 Å². The van der Waals surface area contributed by atoms with Crippen LogP contribution in [0, 0.1) is 23.2 Å². The van der Waals surface area contributed by atoms with Crippen LogP contribution in [0.4, 0.5) is 0 Å². The molecule has 0 bridgehead atoms. The second kappa shape index (κ2) is 7.46. The molecule has 21 heavy (non-hydrogen) atoms. The van der Waals surface area contributed by atoms with Crippen molar-refractivity contribution in [3.8, 4) is 0 Å². The Bertz CT molecular complexity index is 303. The quantitative estimate of drug-likeness (QED) is 0.835. The second-order valence-electron chi connectivity index (χ2n) is 8.93. The molecule has 124 valence electrons. The van der Waals surface area contributed by atoms with Gasteiger partial charge in [-0.25, -0.2) is 0 Å². The van der Waals surface area contributed by atoms with Crippen LogP contribution in [0.2, 0.25) is 0 Å². The predicted molar refractivity (Wildman–Crippen MR) is 90.4 cm³/mol. The Kier molecular flexibility index (Phi) is 6.14. The SMILES string of the molecule is CN(CC1CCCCC1)CC1CC(C(C)(C)C)CCC1O. The van der Waals surface area contributed by atoms with Gasteiger partial charge in [0.15, 0.2) is 0 Å². The van der Waals surface area contributed by atoms with Gasteiger partial charge in [0.1, 0.15) is 0 Å². The number of aliphatic hydroxyl groups is 1. The van der Waals surface area contributed by atoms with Crippen molar-refractivity contribution in [2.75, 3.05) is 20.1 Å². The maximum absolute atomic E-state index is 10.4. The zero-order chi connectivity index (χ0) is 15.5. The summed E-state index contributed by atoms with van der Waals surface area (Å²) in [6, 6.07) is 0. The maximum Gasteiger partial charge on any atom is 0.0580 e. The maximum atomic E-state index is 10.4. The third-order valence-electron chi connectivity index (χ3n) is 6.01. The molecule has 0 aromatic rings. The molecular formula is C19H37NO. The Morgan fingerprint density at radius 1 is 0.952 bits per heavy atom. The minimum absolute atomic E-state index is 0.0718. The van der Waals surface area contributed by atoms with Gasteiger partial charge in [0.25, 0.3) is 0 Å². The summed E-state index contributed by atoms with van der Waals surface area (Å²) in [5, 5.41) is 10.4. The van der Waals surface area contributed by atoms with E-state index in [0.29, 0.717) is 11.3 Å². The van der Waals surface area contributed by atoms with Gasteiger partial charge in [-0.15, -0.1) is 0 Å². The van der Waals surface area contributed by atoms with Gasteiger partial charge in [-0.1, -0.05) is 40.0 Å². The van der Waals surface area contributed by atoms with E-state index in [1.165, 1.54) is 51.5 Å². The lowest BCUT2D eigenvalue weighted by Crippen LogP contribution is -2.41. The van der Waals surface area contributed by atoms with E-state index in [1.54, 1.807) is 0 Å². The van der Waals surface area contributed by atoms with Crippen LogP contribution < -0.4 is 0 Å². The molecule has 0 amide bonds. The van der Waals surface area contributed by atoms with E-state index >= 15 is 0 Å². The van der Waals surface area contributed by atoms with E-state index in [-0.39, 0.29) is 6.10 Å². The first-order chi connectivity index (χ1) is 9.86. The Labute approximate surface area is 132 Å². The van der Waals surface area contributed by atoms with Crippen LogP contribution >= 0.6 is 0 Å². The summed E-state index contributed by atoms with van der Waals surface area (Å²) in [6.45, 7) is 9.40. The van der Waals surface area contributed by atoms with E-state index < -0.39 is 0 Å². The van der Waals surface area contributed by atoms with Gasteiger partial charge < -0.3 is 10.0 Å². The molecule has 2 rings (SSSR count). The molecule has 2 aliphatic rings. The van der Waals surface area contributed by atoms with Crippen LogP contribution in [0.25, 0.3) is 0 Å². The molecular weight excluding hydrogens is 258 g/mol. The molecule has 0 spiro atoms. The molecule has 3 atom stereocenters. The van der Waals surface area contributed by atoms with E-state index in [9.17, 15) is 5.11 Å². The fourth-order valence-electron chi connectivity index (χ4n) is 4.52. The van der Waals surface area contributed by atoms with Gasteiger partial charge in [-0.05, 0) is 62.3 Å². The first-order valence-corrected chi connectivity index (χ1v) is 9.23. The van der Waals surface area contributed by atoms with Crippen LogP contribution in [-0.4, -0.2) is 36.2 Å². The van der Waals surface area contributed by atoms with Crippen molar-refractivity contribution in [1.29, 1.82) is 0 Å². The van der Waals surface area contributed by atoms with Crippen LogP contribution in [0.5, 0.6) is 0 Å². The van der Waals surface area contributed by atoms with Gasteiger partial charge in [0, 0.05) is 13.1 Å². The Morgan fingerprint density at radius 2 is 1.62 bits per heavy atom. The van der Waals surface area contributed by atoms with Crippen molar-refractivity contribution in [2.45, 2.75) is 78.2 Å². The van der Waals surface area contributed by atoms with E-state index in [0.717, 1.165) is 24.8 Å². The van der Waals surface area contributed by atoms with Gasteiger partial charge in [-0.2, -0.15) is 0 Å². The van der Waals surface area contributed by atoms with E-state index in [2.05, 4.69) is 32.7 Å². The summed E-state index contributed by atoms with van der Waals surface area (Å²) in [6.07, 6.45) is 10.5. The molecule has 0 radical (unpaired) electrons. The number of hydrogen-bond donors (Lipinski definition) is 1. The lowest BCUT2D eigenvalue weighted by molar-refractivity contribution is 0.00428. The standard InChI is InChI=1S/C19H37NO/c1-19(2,3)17-10-11-18(21)16(12-17)14-20(4)13-15-8-6-5-7-9-15/h15-18,21H,5-14H2,1-4H3. The summed E-state index contributed by atoms with van der Waals surface area (Å²) in [5.74, 6) is 2.16. The molecule has 0 heterocycles. The topological polar surface area (TPSA) is 23.5 Å². The Hall–Kier alpha value is -0.0800. The second-order valence-corrected chi connectivity index (χ2v) is 8.93. The highest BCUT2D eigenvalue weighted by molar-refractivity contribution is 4.87. The van der Waals surface area contributed by atoms with Crippen molar-refractivity contribution in [3.63, 3.8) is 0 Å². The van der Waals surface area contributed by atoms with Crippen molar-refractivity contribution < 1.29 is 5.11 Å². The predicted octanol–water partition coefficient (Wildman–Crippen LogP) is 4.32. The lowest BCUT2D eigenvalue weighted by Gasteiger charge is -2.41. The lowest BCUT2D eigenvalue weighted by atomic mass is 9.68. The first kappa shape index (κ1) is 17.3. The molecule has 0 aromatic heterocycles. The van der Waals surface area contributed by atoms with Gasteiger partial charge in [-0.3, -0.25) is 0 Å². The molecule has 0 saturated heterocycles. The summed E-state index contributed by atoms with van der Waals surface area (Å²) in [4.78, 5) is 2.51. The highest BCUT2D eigenvalue weighted by atomic mass is 16.3. The highest BCUT2D eigenvalue weighted by Gasteiger charge is 2.35. The fraction of sp³-hybridized carbons (Fsp3) is 1.00. The molecule has 2 heteroatoms.